The molecule has 22 heavy (non-hydrogen) atoms. The van der Waals surface area contributed by atoms with Crippen molar-refractivity contribution in [2.24, 2.45) is 0 Å². The molecule has 0 aliphatic heterocycles. The predicted octanol–water partition coefficient (Wildman–Crippen LogP) is 4.64. The van der Waals surface area contributed by atoms with Crippen molar-refractivity contribution in [1.29, 1.82) is 0 Å². The highest BCUT2D eigenvalue weighted by atomic mass is 35.5. The summed E-state index contributed by atoms with van der Waals surface area (Å²) in [5, 5.41) is 13.8. The molecule has 0 aliphatic carbocycles. The van der Waals surface area contributed by atoms with Crippen molar-refractivity contribution < 1.29 is 9.90 Å². The molecule has 1 heterocycles. The van der Waals surface area contributed by atoms with E-state index in [4.69, 9.17) is 16.7 Å². The van der Waals surface area contributed by atoms with Gasteiger partial charge in [0.1, 0.15) is 0 Å². The maximum Gasteiger partial charge on any atom is 0.335 e. The molecule has 0 amide bonds. The second kappa shape index (κ2) is 5.66. The van der Waals surface area contributed by atoms with Gasteiger partial charge >= 0.3 is 5.97 Å². The van der Waals surface area contributed by atoms with E-state index >= 15 is 0 Å². The summed E-state index contributed by atoms with van der Waals surface area (Å²) in [6.45, 7) is 1.90. The van der Waals surface area contributed by atoms with Gasteiger partial charge in [0.05, 0.1) is 11.1 Å². The Morgan fingerprint density at radius 2 is 2.00 bits per heavy atom. The largest absolute Gasteiger partial charge is 0.478 e. The van der Waals surface area contributed by atoms with Gasteiger partial charge in [-0.1, -0.05) is 17.7 Å². The average molecular weight is 313 g/mol. The Morgan fingerprint density at radius 3 is 2.73 bits per heavy atom. The number of benzene rings is 2. The van der Waals surface area contributed by atoms with Gasteiger partial charge in [-0.2, -0.15) is 0 Å². The van der Waals surface area contributed by atoms with Crippen LogP contribution in [0.1, 0.15) is 16.1 Å². The first-order chi connectivity index (χ1) is 10.5. The van der Waals surface area contributed by atoms with E-state index in [0.717, 1.165) is 28.0 Å². The highest BCUT2D eigenvalue weighted by Crippen LogP contribution is 2.28. The molecule has 0 saturated carbocycles. The molecule has 110 valence electrons. The number of hydrogen-bond donors (Lipinski definition) is 2. The number of hydrogen-bond acceptors (Lipinski definition) is 3. The summed E-state index contributed by atoms with van der Waals surface area (Å²) in [7, 11) is 0. The zero-order valence-corrected chi connectivity index (χ0v) is 12.6. The average Bonchev–Trinajstić information content (AvgIpc) is 2.46. The highest BCUT2D eigenvalue weighted by Gasteiger charge is 2.09. The third kappa shape index (κ3) is 2.87. The Kier molecular flexibility index (Phi) is 3.69. The first kappa shape index (κ1) is 14.4. The van der Waals surface area contributed by atoms with Crippen LogP contribution in [0.5, 0.6) is 0 Å². The molecule has 0 bridgehead atoms. The normalized spacial score (nSPS) is 10.6. The molecular weight excluding hydrogens is 300 g/mol. The van der Waals surface area contributed by atoms with Crippen LogP contribution in [0.4, 0.5) is 11.4 Å². The molecule has 0 fully saturated rings. The molecule has 2 N–H and O–H groups in total. The molecule has 4 nitrogen and oxygen atoms in total. The summed E-state index contributed by atoms with van der Waals surface area (Å²) in [5.74, 6) is -0.962. The lowest BCUT2D eigenvalue weighted by Gasteiger charge is -2.11. The van der Waals surface area contributed by atoms with Crippen LogP contribution in [0, 0.1) is 6.92 Å². The number of aromatic carboxylic acids is 1. The highest BCUT2D eigenvalue weighted by molar-refractivity contribution is 6.30. The Bertz CT molecular complexity index is 878. The van der Waals surface area contributed by atoms with Gasteiger partial charge in [-0.15, -0.1) is 0 Å². The topological polar surface area (TPSA) is 62.2 Å². The zero-order valence-electron chi connectivity index (χ0n) is 11.8. The third-order valence-corrected chi connectivity index (χ3v) is 3.52. The fourth-order valence-corrected chi connectivity index (χ4v) is 2.51. The van der Waals surface area contributed by atoms with Gasteiger partial charge in [-0.25, -0.2) is 4.79 Å². The number of carboxylic acid groups (broad SMARTS) is 1. The van der Waals surface area contributed by atoms with Gasteiger partial charge in [0.25, 0.3) is 0 Å². The Labute approximate surface area is 132 Å². The molecule has 5 heteroatoms. The van der Waals surface area contributed by atoms with E-state index in [1.165, 1.54) is 0 Å². The van der Waals surface area contributed by atoms with Crippen molar-refractivity contribution in [1.82, 2.24) is 4.98 Å². The van der Waals surface area contributed by atoms with Gasteiger partial charge in [0.15, 0.2) is 0 Å². The molecule has 3 aromatic rings. The number of aryl methyl sites for hydroxylation is 1. The van der Waals surface area contributed by atoms with Crippen LogP contribution in [0.2, 0.25) is 5.02 Å². The van der Waals surface area contributed by atoms with E-state index in [1.807, 2.05) is 31.2 Å². The summed E-state index contributed by atoms with van der Waals surface area (Å²) in [4.78, 5) is 15.6. The minimum Gasteiger partial charge on any atom is -0.478 e. The van der Waals surface area contributed by atoms with Crippen LogP contribution in [0.25, 0.3) is 10.9 Å². The Hall–Kier alpha value is -2.59. The number of nitrogens with one attached hydrogen (secondary N) is 1. The van der Waals surface area contributed by atoms with E-state index in [2.05, 4.69) is 10.3 Å². The third-order valence-electron chi connectivity index (χ3n) is 3.29. The van der Waals surface area contributed by atoms with E-state index < -0.39 is 5.97 Å². The fraction of sp³-hybridized carbons (Fsp3) is 0.0588. The standard InChI is InChI=1S/C17H13ClN2O2/c1-10-7-16(20-13-4-2-3-12(18)9-13)14-8-11(17(21)22)5-6-15(14)19-10/h2-9H,1H3,(H,19,20)(H,21,22). The number of halogens is 1. The lowest BCUT2D eigenvalue weighted by Crippen LogP contribution is -1.99. The molecule has 0 spiro atoms. The lowest BCUT2D eigenvalue weighted by atomic mass is 10.1. The minimum absolute atomic E-state index is 0.229. The van der Waals surface area contributed by atoms with Crippen molar-refractivity contribution in [2.45, 2.75) is 6.92 Å². The van der Waals surface area contributed by atoms with Crippen LogP contribution >= 0.6 is 11.6 Å². The van der Waals surface area contributed by atoms with Gasteiger partial charge in [0.2, 0.25) is 0 Å². The molecular formula is C17H13ClN2O2. The lowest BCUT2D eigenvalue weighted by molar-refractivity contribution is 0.0697. The number of aromatic nitrogens is 1. The van der Waals surface area contributed by atoms with Crippen molar-refractivity contribution in [3.05, 3.63) is 64.8 Å². The van der Waals surface area contributed by atoms with Crippen molar-refractivity contribution in [3.63, 3.8) is 0 Å². The number of carbonyl (C=O) groups is 1. The molecule has 0 atom stereocenters. The first-order valence-electron chi connectivity index (χ1n) is 6.70. The van der Waals surface area contributed by atoms with Crippen molar-refractivity contribution in [2.75, 3.05) is 5.32 Å². The molecule has 2 aromatic carbocycles. The van der Waals surface area contributed by atoms with Crippen LogP contribution in [0.15, 0.2) is 48.5 Å². The maximum absolute atomic E-state index is 11.2. The SMILES string of the molecule is Cc1cc(Nc2cccc(Cl)c2)c2cc(C(=O)O)ccc2n1. The number of nitrogens with zero attached hydrogens (tertiary/aromatic N) is 1. The van der Waals surface area contributed by atoms with E-state index in [1.54, 1.807) is 24.3 Å². The zero-order chi connectivity index (χ0) is 15.7. The van der Waals surface area contributed by atoms with Gasteiger partial charge in [-0.3, -0.25) is 4.98 Å². The molecule has 0 radical (unpaired) electrons. The summed E-state index contributed by atoms with van der Waals surface area (Å²) < 4.78 is 0. The molecule has 1 aromatic heterocycles. The van der Waals surface area contributed by atoms with E-state index in [0.29, 0.717) is 5.02 Å². The number of rotatable bonds is 3. The Morgan fingerprint density at radius 1 is 1.18 bits per heavy atom. The van der Waals surface area contributed by atoms with Crippen LogP contribution in [-0.4, -0.2) is 16.1 Å². The van der Waals surface area contributed by atoms with Crippen molar-refractivity contribution in [3.8, 4) is 0 Å². The molecule has 3 rings (SSSR count). The Balaban J connectivity index is 2.14. The monoisotopic (exact) mass is 312 g/mol. The summed E-state index contributed by atoms with van der Waals surface area (Å²) in [6.07, 6.45) is 0. The van der Waals surface area contributed by atoms with Crippen LogP contribution in [-0.2, 0) is 0 Å². The summed E-state index contributed by atoms with van der Waals surface area (Å²) >= 11 is 6.00. The van der Waals surface area contributed by atoms with Gasteiger partial charge < -0.3 is 10.4 Å². The summed E-state index contributed by atoms with van der Waals surface area (Å²) in [6, 6.07) is 14.1. The van der Waals surface area contributed by atoms with E-state index in [-0.39, 0.29) is 5.56 Å². The number of anilines is 2. The number of pyridine rings is 1. The van der Waals surface area contributed by atoms with Crippen LogP contribution < -0.4 is 5.32 Å². The smallest absolute Gasteiger partial charge is 0.335 e. The van der Waals surface area contributed by atoms with Gasteiger partial charge in [0, 0.05) is 27.5 Å². The quantitative estimate of drug-likeness (QED) is 0.739. The molecule has 0 unspecified atom stereocenters. The minimum atomic E-state index is -0.962. The first-order valence-corrected chi connectivity index (χ1v) is 7.08. The second-order valence-electron chi connectivity index (χ2n) is 4.98. The van der Waals surface area contributed by atoms with Gasteiger partial charge in [-0.05, 0) is 49.4 Å². The molecule has 0 saturated heterocycles. The molecule has 0 aliphatic rings. The number of carboxylic acids is 1. The maximum atomic E-state index is 11.2. The predicted molar refractivity (Wildman–Crippen MR) is 88.2 cm³/mol. The second-order valence-corrected chi connectivity index (χ2v) is 5.42. The fourth-order valence-electron chi connectivity index (χ4n) is 2.32. The van der Waals surface area contributed by atoms with Crippen LogP contribution in [0.3, 0.4) is 0 Å². The van der Waals surface area contributed by atoms with Crippen molar-refractivity contribution >= 4 is 39.8 Å². The van der Waals surface area contributed by atoms with E-state index in [9.17, 15) is 4.79 Å². The summed E-state index contributed by atoms with van der Waals surface area (Å²) in [5.41, 5.74) is 3.45. The number of fused-ring (bicyclic) bond motifs is 1.